The van der Waals surface area contributed by atoms with Gasteiger partial charge in [0.05, 0.1) is 18.9 Å². The third kappa shape index (κ3) is 6.41. The van der Waals surface area contributed by atoms with Gasteiger partial charge in [-0.1, -0.05) is 19.4 Å². The van der Waals surface area contributed by atoms with E-state index in [9.17, 15) is 9.59 Å². The van der Waals surface area contributed by atoms with E-state index in [0.29, 0.717) is 12.8 Å². The number of carbonyl (C=O) groups is 2. The third-order valence-corrected chi connectivity index (χ3v) is 2.72. The maximum Gasteiger partial charge on any atom is 0.310 e. The van der Waals surface area contributed by atoms with Crippen molar-refractivity contribution in [2.75, 3.05) is 7.11 Å². The summed E-state index contributed by atoms with van der Waals surface area (Å²) in [7, 11) is 1.33. The molecule has 2 unspecified atom stereocenters. The van der Waals surface area contributed by atoms with E-state index in [0.717, 1.165) is 6.42 Å². The summed E-state index contributed by atoms with van der Waals surface area (Å²) in [5.74, 6) is -1.72. The van der Waals surface area contributed by atoms with Gasteiger partial charge in [0.15, 0.2) is 0 Å². The first-order chi connectivity index (χ1) is 8.76. The molecule has 0 amide bonds. The zero-order chi connectivity index (χ0) is 15.1. The molecule has 2 atom stereocenters. The minimum absolute atomic E-state index is 0.341. The SMILES string of the molecule is C=CCC(C(=O)OC)C(CCC)C(=O)OC(C)(C)C. The number of esters is 2. The first kappa shape index (κ1) is 17.7. The molecular formula is C15H26O4. The van der Waals surface area contributed by atoms with Crippen molar-refractivity contribution in [3.8, 4) is 0 Å². The molecule has 0 radical (unpaired) electrons. The summed E-state index contributed by atoms with van der Waals surface area (Å²) >= 11 is 0. The van der Waals surface area contributed by atoms with Gasteiger partial charge in [0, 0.05) is 0 Å². The molecule has 19 heavy (non-hydrogen) atoms. The Balaban J connectivity index is 5.06. The summed E-state index contributed by atoms with van der Waals surface area (Å²) in [6.45, 7) is 11.0. The molecule has 0 heterocycles. The van der Waals surface area contributed by atoms with Crippen LogP contribution in [0.3, 0.4) is 0 Å². The lowest BCUT2D eigenvalue weighted by Crippen LogP contribution is -2.36. The van der Waals surface area contributed by atoms with Crippen molar-refractivity contribution in [2.24, 2.45) is 11.8 Å². The topological polar surface area (TPSA) is 52.6 Å². The molecule has 110 valence electrons. The van der Waals surface area contributed by atoms with E-state index in [2.05, 4.69) is 6.58 Å². The fraction of sp³-hybridized carbons (Fsp3) is 0.733. The van der Waals surface area contributed by atoms with Gasteiger partial charge in [-0.2, -0.15) is 0 Å². The highest BCUT2D eigenvalue weighted by molar-refractivity contribution is 5.82. The first-order valence-electron chi connectivity index (χ1n) is 6.68. The van der Waals surface area contributed by atoms with Crippen molar-refractivity contribution >= 4 is 11.9 Å². The second-order valence-corrected chi connectivity index (χ2v) is 5.58. The van der Waals surface area contributed by atoms with E-state index < -0.39 is 17.4 Å². The predicted molar refractivity (Wildman–Crippen MR) is 74.6 cm³/mol. The fourth-order valence-corrected chi connectivity index (χ4v) is 1.93. The highest BCUT2D eigenvalue weighted by atomic mass is 16.6. The molecule has 4 nitrogen and oxygen atoms in total. The van der Waals surface area contributed by atoms with Crippen molar-refractivity contribution in [1.29, 1.82) is 0 Å². The summed E-state index contributed by atoms with van der Waals surface area (Å²) in [6.07, 6.45) is 3.45. The Bertz CT molecular complexity index is 315. The minimum Gasteiger partial charge on any atom is -0.469 e. The molecule has 0 aliphatic heterocycles. The van der Waals surface area contributed by atoms with Crippen LogP contribution in [0.1, 0.15) is 47.0 Å². The Morgan fingerprint density at radius 2 is 1.79 bits per heavy atom. The number of ether oxygens (including phenoxy) is 2. The van der Waals surface area contributed by atoms with Gasteiger partial charge in [-0.15, -0.1) is 6.58 Å². The second kappa shape index (κ2) is 7.97. The van der Waals surface area contributed by atoms with E-state index in [1.165, 1.54) is 7.11 Å². The standard InChI is InChI=1S/C15H26O4/c1-7-9-11(13(16)18-6)12(10-8-2)14(17)19-15(3,4)5/h7,11-12H,1,8-10H2,2-6H3. The third-order valence-electron chi connectivity index (χ3n) is 2.72. The zero-order valence-electron chi connectivity index (χ0n) is 12.7. The molecule has 0 aromatic rings. The number of hydrogen-bond acceptors (Lipinski definition) is 4. The zero-order valence-corrected chi connectivity index (χ0v) is 12.7. The molecule has 0 aliphatic carbocycles. The molecular weight excluding hydrogens is 244 g/mol. The van der Waals surface area contributed by atoms with Crippen molar-refractivity contribution in [1.82, 2.24) is 0 Å². The Morgan fingerprint density at radius 1 is 1.21 bits per heavy atom. The van der Waals surface area contributed by atoms with Crippen LogP contribution in [0.25, 0.3) is 0 Å². The van der Waals surface area contributed by atoms with Crippen LogP contribution in [0.5, 0.6) is 0 Å². The van der Waals surface area contributed by atoms with Crippen LogP contribution in [-0.2, 0) is 19.1 Å². The van der Waals surface area contributed by atoms with Gasteiger partial charge in [0.25, 0.3) is 0 Å². The maximum atomic E-state index is 12.2. The molecule has 0 rings (SSSR count). The molecule has 0 fully saturated rings. The summed E-state index contributed by atoms with van der Waals surface area (Å²) in [4.78, 5) is 24.0. The van der Waals surface area contributed by atoms with Crippen LogP contribution in [0.4, 0.5) is 0 Å². The van der Waals surface area contributed by atoms with Gasteiger partial charge < -0.3 is 9.47 Å². The Hall–Kier alpha value is -1.32. The monoisotopic (exact) mass is 270 g/mol. The molecule has 0 bridgehead atoms. The second-order valence-electron chi connectivity index (χ2n) is 5.58. The van der Waals surface area contributed by atoms with Crippen molar-refractivity contribution in [3.63, 3.8) is 0 Å². The smallest absolute Gasteiger partial charge is 0.310 e. The minimum atomic E-state index is -0.558. The summed E-state index contributed by atoms with van der Waals surface area (Å²) in [5.41, 5.74) is -0.558. The highest BCUT2D eigenvalue weighted by Crippen LogP contribution is 2.26. The predicted octanol–water partition coefficient (Wildman–Crippen LogP) is 3.11. The lowest BCUT2D eigenvalue weighted by Gasteiger charge is -2.27. The Kier molecular flexibility index (Phi) is 7.42. The number of rotatable bonds is 7. The van der Waals surface area contributed by atoms with Crippen LogP contribution in [-0.4, -0.2) is 24.6 Å². The van der Waals surface area contributed by atoms with E-state index in [-0.39, 0.29) is 11.9 Å². The van der Waals surface area contributed by atoms with Gasteiger partial charge in [0.2, 0.25) is 0 Å². The quantitative estimate of drug-likeness (QED) is 0.527. The average Bonchev–Trinajstić information content (AvgIpc) is 2.30. The molecule has 4 heteroatoms. The molecule has 0 aliphatic rings. The number of methoxy groups -OCH3 is 1. The molecule has 0 aromatic carbocycles. The van der Waals surface area contributed by atoms with Crippen molar-refractivity contribution in [2.45, 2.75) is 52.6 Å². The summed E-state index contributed by atoms with van der Waals surface area (Å²) < 4.78 is 10.2. The highest BCUT2D eigenvalue weighted by Gasteiger charge is 2.35. The molecule has 0 N–H and O–H groups in total. The van der Waals surface area contributed by atoms with Gasteiger partial charge in [-0.25, -0.2) is 0 Å². The lowest BCUT2D eigenvalue weighted by atomic mass is 9.86. The van der Waals surface area contributed by atoms with E-state index >= 15 is 0 Å². The first-order valence-corrected chi connectivity index (χ1v) is 6.68. The van der Waals surface area contributed by atoms with E-state index in [4.69, 9.17) is 9.47 Å². The van der Waals surface area contributed by atoms with Gasteiger partial charge in [-0.3, -0.25) is 9.59 Å². The number of allylic oxidation sites excluding steroid dienone is 1. The molecule has 0 saturated carbocycles. The van der Waals surface area contributed by atoms with Gasteiger partial charge in [-0.05, 0) is 33.6 Å². The van der Waals surface area contributed by atoms with Crippen LogP contribution in [0, 0.1) is 11.8 Å². The van der Waals surface area contributed by atoms with Crippen molar-refractivity contribution in [3.05, 3.63) is 12.7 Å². The summed E-state index contributed by atoms with van der Waals surface area (Å²) in [6, 6.07) is 0. The Morgan fingerprint density at radius 3 is 2.16 bits per heavy atom. The van der Waals surface area contributed by atoms with Crippen LogP contribution < -0.4 is 0 Å². The van der Waals surface area contributed by atoms with E-state index in [1.54, 1.807) is 6.08 Å². The largest absolute Gasteiger partial charge is 0.469 e. The number of carbonyl (C=O) groups excluding carboxylic acids is 2. The maximum absolute atomic E-state index is 12.2. The average molecular weight is 270 g/mol. The Labute approximate surface area is 116 Å². The molecule has 0 spiro atoms. The normalized spacial score (nSPS) is 14.4. The van der Waals surface area contributed by atoms with E-state index in [1.807, 2.05) is 27.7 Å². The lowest BCUT2D eigenvalue weighted by molar-refractivity contribution is -0.167. The number of hydrogen-bond donors (Lipinski definition) is 0. The van der Waals surface area contributed by atoms with Crippen LogP contribution in [0.15, 0.2) is 12.7 Å². The fourth-order valence-electron chi connectivity index (χ4n) is 1.93. The molecule has 0 saturated heterocycles. The molecule has 0 aromatic heterocycles. The van der Waals surface area contributed by atoms with Gasteiger partial charge >= 0.3 is 11.9 Å². The van der Waals surface area contributed by atoms with Gasteiger partial charge in [0.1, 0.15) is 5.60 Å². The van der Waals surface area contributed by atoms with Crippen LogP contribution in [0.2, 0.25) is 0 Å². The summed E-state index contributed by atoms with van der Waals surface area (Å²) in [5, 5.41) is 0. The van der Waals surface area contributed by atoms with Crippen LogP contribution >= 0.6 is 0 Å². The van der Waals surface area contributed by atoms with Crippen molar-refractivity contribution < 1.29 is 19.1 Å².